The number of ether oxygens (including phenoxy) is 1. The molecule has 3 N–H and O–H groups in total. The fourth-order valence-corrected chi connectivity index (χ4v) is 4.00. The van der Waals surface area contributed by atoms with Crippen LogP contribution >= 0.6 is 24.0 Å². The van der Waals surface area contributed by atoms with E-state index in [1.54, 1.807) is 7.05 Å². The molecule has 0 amide bonds. The van der Waals surface area contributed by atoms with Crippen molar-refractivity contribution in [2.75, 3.05) is 26.8 Å². The average molecular weight is 558 g/mol. The fraction of sp³-hybridized carbons (Fsp3) is 0.458. The highest BCUT2D eigenvalue weighted by atomic mass is 127. The summed E-state index contributed by atoms with van der Waals surface area (Å²) in [7, 11) is 1.68. The van der Waals surface area contributed by atoms with Crippen molar-refractivity contribution >= 4 is 29.9 Å². The molecule has 1 fully saturated rings. The molecular formula is C24H33F2IN4O. The van der Waals surface area contributed by atoms with Crippen LogP contribution in [0.2, 0.25) is 0 Å². The summed E-state index contributed by atoms with van der Waals surface area (Å²) in [6, 6.07) is 13.8. The van der Waals surface area contributed by atoms with Gasteiger partial charge in [-0.1, -0.05) is 36.4 Å². The Morgan fingerprint density at radius 1 is 1.06 bits per heavy atom. The number of hydrogen-bond donors (Lipinski definition) is 3. The Labute approximate surface area is 206 Å². The minimum absolute atomic E-state index is 0. The molecule has 5 nitrogen and oxygen atoms in total. The van der Waals surface area contributed by atoms with Gasteiger partial charge in [0.2, 0.25) is 0 Å². The zero-order valence-corrected chi connectivity index (χ0v) is 21.2. The van der Waals surface area contributed by atoms with E-state index in [2.05, 4.69) is 40.0 Å². The summed E-state index contributed by atoms with van der Waals surface area (Å²) in [5, 5.41) is 10.4. The molecule has 0 radical (unpaired) electrons. The molecule has 0 aliphatic carbocycles. The van der Waals surface area contributed by atoms with Crippen LogP contribution in [0.15, 0.2) is 53.5 Å². The van der Waals surface area contributed by atoms with Crippen molar-refractivity contribution in [1.82, 2.24) is 16.0 Å². The number of rotatable bonds is 7. The second-order valence-electron chi connectivity index (χ2n) is 8.13. The van der Waals surface area contributed by atoms with Gasteiger partial charge >= 0.3 is 0 Å². The van der Waals surface area contributed by atoms with Crippen LogP contribution in [0.4, 0.5) is 8.78 Å². The third-order valence-electron chi connectivity index (χ3n) is 5.87. The molecule has 8 heteroatoms. The Morgan fingerprint density at radius 3 is 2.38 bits per heavy atom. The predicted molar refractivity (Wildman–Crippen MR) is 135 cm³/mol. The van der Waals surface area contributed by atoms with Crippen molar-refractivity contribution in [3.63, 3.8) is 0 Å². The molecule has 1 aliphatic heterocycles. The summed E-state index contributed by atoms with van der Waals surface area (Å²) in [4.78, 5) is 4.29. The highest BCUT2D eigenvalue weighted by Gasteiger charge is 2.34. The van der Waals surface area contributed by atoms with Crippen LogP contribution < -0.4 is 16.0 Å². The van der Waals surface area contributed by atoms with Crippen LogP contribution in [0.1, 0.15) is 49.9 Å². The molecule has 176 valence electrons. The quantitative estimate of drug-likeness (QED) is 0.262. The first kappa shape index (κ1) is 26.5. The van der Waals surface area contributed by atoms with Gasteiger partial charge in [-0.15, -0.1) is 24.0 Å². The molecule has 2 aromatic rings. The summed E-state index contributed by atoms with van der Waals surface area (Å²) in [5.41, 5.74) is 1.47. The molecule has 0 bridgehead atoms. The molecule has 0 aromatic heterocycles. The van der Waals surface area contributed by atoms with E-state index in [-0.39, 0.29) is 41.6 Å². The van der Waals surface area contributed by atoms with Gasteiger partial charge < -0.3 is 20.7 Å². The molecule has 2 aromatic carbocycles. The molecular weight excluding hydrogens is 525 g/mol. The van der Waals surface area contributed by atoms with Gasteiger partial charge in [-0.25, -0.2) is 8.78 Å². The van der Waals surface area contributed by atoms with E-state index in [0.717, 1.165) is 18.9 Å². The van der Waals surface area contributed by atoms with Crippen LogP contribution in [-0.4, -0.2) is 38.3 Å². The zero-order chi connectivity index (χ0) is 22.3. The van der Waals surface area contributed by atoms with Crippen molar-refractivity contribution < 1.29 is 13.5 Å². The molecule has 2 unspecified atom stereocenters. The number of benzene rings is 2. The maximum absolute atomic E-state index is 14.1. The van der Waals surface area contributed by atoms with Gasteiger partial charge in [-0.3, -0.25) is 4.99 Å². The summed E-state index contributed by atoms with van der Waals surface area (Å²) in [6.07, 6.45) is 1.74. The predicted octanol–water partition coefficient (Wildman–Crippen LogP) is 4.71. The second kappa shape index (κ2) is 12.5. The molecule has 1 saturated heterocycles. The van der Waals surface area contributed by atoms with E-state index in [4.69, 9.17) is 4.74 Å². The van der Waals surface area contributed by atoms with Crippen molar-refractivity contribution in [3.8, 4) is 0 Å². The average Bonchev–Trinajstić information content (AvgIpc) is 2.77. The molecule has 3 rings (SSSR count). The van der Waals surface area contributed by atoms with E-state index in [0.29, 0.717) is 31.3 Å². The first-order valence-electron chi connectivity index (χ1n) is 10.7. The lowest BCUT2D eigenvalue weighted by atomic mass is 9.88. The third-order valence-corrected chi connectivity index (χ3v) is 5.87. The third kappa shape index (κ3) is 7.11. The van der Waals surface area contributed by atoms with E-state index in [1.807, 2.05) is 25.1 Å². The maximum atomic E-state index is 14.1. The van der Waals surface area contributed by atoms with Crippen LogP contribution in [0.5, 0.6) is 0 Å². The molecule has 1 aliphatic rings. The topological polar surface area (TPSA) is 57.7 Å². The lowest BCUT2D eigenvalue weighted by Gasteiger charge is -2.41. The Balaban J connectivity index is 0.00000363. The smallest absolute Gasteiger partial charge is 0.191 e. The Morgan fingerprint density at radius 2 is 1.75 bits per heavy atom. The van der Waals surface area contributed by atoms with Gasteiger partial charge in [0.25, 0.3) is 0 Å². The molecule has 32 heavy (non-hydrogen) atoms. The first-order chi connectivity index (χ1) is 14.9. The fourth-order valence-electron chi connectivity index (χ4n) is 4.00. The van der Waals surface area contributed by atoms with Crippen molar-refractivity contribution in [3.05, 3.63) is 71.3 Å². The van der Waals surface area contributed by atoms with Gasteiger partial charge in [0.1, 0.15) is 11.6 Å². The van der Waals surface area contributed by atoms with Crippen LogP contribution in [0.25, 0.3) is 0 Å². The minimum Gasteiger partial charge on any atom is -0.381 e. The van der Waals surface area contributed by atoms with E-state index in [1.165, 1.54) is 17.7 Å². The largest absolute Gasteiger partial charge is 0.381 e. The normalized spacial score (nSPS) is 17.7. The van der Waals surface area contributed by atoms with Crippen LogP contribution in [0, 0.1) is 11.6 Å². The molecule has 0 saturated carbocycles. The summed E-state index contributed by atoms with van der Waals surface area (Å²) in [5.74, 6) is -0.595. The van der Waals surface area contributed by atoms with E-state index in [9.17, 15) is 8.78 Å². The van der Waals surface area contributed by atoms with Crippen LogP contribution in [-0.2, 0) is 4.74 Å². The number of nitrogens with zero attached hydrogens (tertiary/aromatic N) is 1. The number of nitrogens with one attached hydrogen (secondary N) is 3. The Kier molecular flexibility index (Phi) is 10.3. The minimum atomic E-state index is -0.587. The van der Waals surface area contributed by atoms with Crippen molar-refractivity contribution in [2.45, 2.75) is 44.3 Å². The standard InChI is InChI=1S/C24H32F2N4O.HI/c1-17(19-7-5-4-6-8-19)30-24(11-13-31-14-12-24)16-28-23(27-3)29-18(2)21-10-9-20(25)15-22(21)26;/h4-10,15,17-18,30H,11-14,16H2,1-3H3,(H2,27,28,29);1H. The summed E-state index contributed by atoms with van der Waals surface area (Å²) in [6.45, 7) is 6.02. The summed E-state index contributed by atoms with van der Waals surface area (Å²) < 4.78 is 33.0. The van der Waals surface area contributed by atoms with Gasteiger partial charge in [0.05, 0.1) is 6.04 Å². The van der Waals surface area contributed by atoms with Gasteiger partial charge in [-0.2, -0.15) is 0 Å². The highest BCUT2D eigenvalue weighted by molar-refractivity contribution is 14.0. The van der Waals surface area contributed by atoms with Gasteiger partial charge in [0, 0.05) is 50.0 Å². The zero-order valence-electron chi connectivity index (χ0n) is 18.8. The Bertz CT molecular complexity index is 876. The Hall–Kier alpha value is -1.78. The SMILES string of the molecule is CN=C(NCC1(NC(C)c2ccccc2)CCOCC1)NC(C)c1ccc(F)cc1F.I. The highest BCUT2D eigenvalue weighted by Crippen LogP contribution is 2.25. The second-order valence-corrected chi connectivity index (χ2v) is 8.13. The monoisotopic (exact) mass is 558 g/mol. The lowest BCUT2D eigenvalue weighted by molar-refractivity contribution is 0.0354. The number of guanidine groups is 1. The van der Waals surface area contributed by atoms with Crippen molar-refractivity contribution in [2.24, 2.45) is 4.99 Å². The van der Waals surface area contributed by atoms with Gasteiger partial charge in [-0.05, 0) is 38.3 Å². The maximum Gasteiger partial charge on any atom is 0.191 e. The number of hydrogen-bond acceptors (Lipinski definition) is 3. The van der Waals surface area contributed by atoms with E-state index >= 15 is 0 Å². The van der Waals surface area contributed by atoms with Gasteiger partial charge in [0.15, 0.2) is 5.96 Å². The lowest BCUT2D eigenvalue weighted by Crippen LogP contribution is -2.58. The molecule has 2 atom stereocenters. The number of halogens is 3. The summed E-state index contributed by atoms with van der Waals surface area (Å²) >= 11 is 0. The van der Waals surface area contributed by atoms with E-state index < -0.39 is 11.6 Å². The van der Waals surface area contributed by atoms with Crippen molar-refractivity contribution in [1.29, 1.82) is 0 Å². The molecule has 0 spiro atoms. The molecule has 1 heterocycles. The first-order valence-corrected chi connectivity index (χ1v) is 10.7. The number of aliphatic imine (C=N–C) groups is 1. The van der Waals surface area contributed by atoms with Crippen LogP contribution in [0.3, 0.4) is 0 Å².